The molecular weight excluding hydrogens is 274 g/mol. The molecule has 22 heavy (non-hydrogen) atoms. The van der Waals surface area contributed by atoms with Crippen molar-refractivity contribution in [1.29, 1.82) is 0 Å². The van der Waals surface area contributed by atoms with Gasteiger partial charge in [-0.25, -0.2) is 0 Å². The third-order valence-corrected chi connectivity index (χ3v) is 4.18. The molecule has 0 saturated carbocycles. The lowest BCUT2D eigenvalue weighted by Crippen LogP contribution is -2.02. The Balaban J connectivity index is 2.59. The molecule has 0 amide bonds. The van der Waals surface area contributed by atoms with Gasteiger partial charge in [-0.1, -0.05) is 26.8 Å². The number of carbonyl (C=O) groups excluding carboxylic acids is 1. The molecule has 0 radical (unpaired) electrons. The SMILES string of the molecule is C/C=C(/C=O)c1cnc(-c2cn[nH]c2CC)cc1C(C)CC. The molecule has 0 fully saturated rings. The van der Waals surface area contributed by atoms with E-state index in [0.29, 0.717) is 11.5 Å². The average Bonchev–Trinajstić information content (AvgIpc) is 3.04. The Hall–Kier alpha value is -2.23. The van der Waals surface area contributed by atoms with Gasteiger partial charge in [0.25, 0.3) is 0 Å². The van der Waals surface area contributed by atoms with E-state index in [1.54, 1.807) is 0 Å². The molecule has 4 heteroatoms. The van der Waals surface area contributed by atoms with E-state index in [1.165, 1.54) is 0 Å². The summed E-state index contributed by atoms with van der Waals surface area (Å²) in [5.41, 5.74) is 5.81. The summed E-state index contributed by atoms with van der Waals surface area (Å²) in [5, 5.41) is 7.14. The van der Waals surface area contributed by atoms with E-state index in [4.69, 9.17) is 0 Å². The highest BCUT2D eigenvalue weighted by Crippen LogP contribution is 2.31. The first kappa shape index (κ1) is 16.1. The third kappa shape index (κ3) is 3.01. The molecule has 0 saturated heterocycles. The number of rotatable bonds is 6. The monoisotopic (exact) mass is 297 g/mol. The number of aldehydes is 1. The van der Waals surface area contributed by atoms with E-state index in [1.807, 2.05) is 25.4 Å². The van der Waals surface area contributed by atoms with Gasteiger partial charge in [0.2, 0.25) is 0 Å². The van der Waals surface area contributed by atoms with Crippen molar-refractivity contribution in [2.75, 3.05) is 0 Å². The highest BCUT2D eigenvalue weighted by atomic mass is 16.1. The zero-order chi connectivity index (χ0) is 16.1. The van der Waals surface area contributed by atoms with Gasteiger partial charge in [-0.3, -0.25) is 14.9 Å². The predicted molar refractivity (Wildman–Crippen MR) is 89.6 cm³/mol. The van der Waals surface area contributed by atoms with Crippen LogP contribution in [0, 0.1) is 0 Å². The maximum atomic E-state index is 11.3. The summed E-state index contributed by atoms with van der Waals surface area (Å²) < 4.78 is 0. The summed E-state index contributed by atoms with van der Waals surface area (Å²) in [7, 11) is 0. The van der Waals surface area contributed by atoms with Gasteiger partial charge in [-0.2, -0.15) is 5.10 Å². The smallest absolute Gasteiger partial charge is 0.150 e. The van der Waals surface area contributed by atoms with Gasteiger partial charge in [-0.15, -0.1) is 0 Å². The highest BCUT2D eigenvalue weighted by molar-refractivity contribution is 6.07. The second kappa shape index (κ2) is 7.16. The zero-order valence-corrected chi connectivity index (χ0v) is 13.7. The number of aryl methyl sites for hydroxylation is 1. The van der Waals surface area contributed by atoms with E-state index >= 15 is 0 Å². The molecule has 0 aromatic carbocycles. The van der Waals surface area contributed by atoms with Crippen LogP contribution in [0.15, 0.2) is 24.5 Å². The van der Waals surface area contributed by atoms with Crippen molar-refractivity contribution < 1.29 is 4.79 Å². The second-order valence-electron chi connectivity index (χ2n) is 5.44. The topological polar surface area (TPSA) is 58.6 Å². The Morgan fingerprint density at radius 2 is 2.14 bits per heavy atom. The summed E-state index contributed by atoms with van der Waals surface area (Å²) in [4.78, 5) is 15.9. The lowest BCUT2D eigenvalue weighted by Gasteiger charge is -2.16. The molecule has 0 aliphatic rings. The number of aromatic amines is 1. The Labute approximate surface area is 131 Å². The van der Waals surface area contributed by atoms with Crippen LogP contribution in [0.5, 0.6) is 0 Å². The van der Waals surface area contributed by atoms with E-state index in [-0.39, 0.29) is 0 Å². The van der Waals surface area contributed by atoms with Gasteiger partial charge in [0.1, 0.15) is 6.29 Å². The number of carbonyl (C=O) groups is 1. The zero-order valence-electron chi connectivity index (χ0n) is 13.7. The molecule has 116 valence electrons. The lowest BCUT2D eigenvalue weighted by molar-refractivity contribution is -0.103. The number of nitrogens with one attached hydrogen (secondary N) is 1. The minimum absolute atomic E-state index is 0.364. The van der Waals surface area contributed by atoms with Crippen LogP contribution >= 0.6 is 0 Å². The van der Waals surface area contributed by atoms with E-state index in [9.17, 15) is 4.79 Å². The van der Waals surface area contributed by atoms with Crippen molar-refractivity contribution >= 4 is 11.9 Å². The number of pyridine rings is 1. The Bertz CT molecular complexity index is 685. The van der Waals surface area contributed by atoms with Crippen LogP contribution < -0.4 is 0 Å². The van der Waals surface area contributed by atoms with Gasteiger partial charge < -0.3 is 0 Å². The van der Waals surface area contributed by atoms with Gasteiger partial charge in [0.05, 0.1) is 11.9 Å². The summed E-state index contributed by atoms with van der Waals surface area (Å²) in [6, 6.07) is 2.10. The number of hydrogen-bond acceptors (Lipinski definition) is 3. The highest BCUT2D eigenvalue weighted by Gasteiger charge is 2.16. The maximum absolute atomic E-state index is 11.3. The molecule has 2 aromatic rings. The van der Waals surface area contributed by atoms with Crippen molar-refractivity contribution in [3.63, 3.8) is 0 Å². The van der Waals surface area contributed by atoms with Crippen LogP contribution in [-0.4, -0.2) is 21.5 Å². The van der Waals surface area contributed by atoms with Crippen LogP contribution in [0.1, 0.15) is 56.9 Å². The van der Waals surface area contributed by atoms with Gasteiger partial charge in [0.15, 0.2) is 0 Å². The standard InChI is InChI=1S/C18H23N3O/c1-5-12(4)14-8-18(16-10-20-21-17(16)7-3)19-9-15(14)13(6-2)11-22/h6,8-12H,5,7H2,1-4H3,(H,20,21)/b13-6-. The molecule has 2 aromatic heterocycles. The van der Waals surface area contributed by atoms with E-state index in [2.05, 4.69) is 42.0 Å². The molecule has 0 aliphatic carbocycles. The maximum Gasteiger partial charge on any atom is 0.150 e. The van der Waals surface area contributed by atoms with Crippen molar-refractivity contribution in [3.05, 3.63) is 41.4 Å². The fourth-order valence-corrected chi connectivity index (χ4v) is 2.58. The first-order chi connectivity index (χ1) is 10.7. The fourth-order valence-electron chi connectivity index (χ4n) is 2.58. The van der Waals surface area contributed by atoms with Crippen molar-refractivity contribution in [2.24, 2.45) is 0 Å². The second-order valence-corrected chi connectivity index (χ2v) is 5.44. The summed E-state index contributed by atoms with van der Waals surface area (Å²) in [6.07, 6.45) is 8.26. The Kier molecular flexibility index (Phi) is 5.26. The van der Waals surface area contributed by atoms with E-state index < -0.39 is 0 Å². The number of allylic oxidation sites excluding steroid dienone is 2. The quantitative estimate of drug-likeness (QED) is 0.643. The van der Waals surface area contributed by atoms with Gasteiger partial charge in [-0.05, 0) is 37.3 Å². The average molecular weight is 297 g/mol. The Morgan fingerprint density at radius 3 is 2.73 bits per heavy atom. The lowest BCUT2D eigenvalue weighted by atomic mass is 9.90. The van der Waals surface area contributed by atoms with Gasteiger partial charge in [0, 0.05) is 28.6 Å². The van der Waals surface area contributed by atoms with Crippen LogP contribution in [0.3, 0.4) is 0 Å². The first-order valence-corrected chi connectivity index (χ1v) is 7.80. The predicted octanol–water partition coefficient (Wildman–Crippen LogP) is 4.15. The minimum Gasteiger partial charge on any atom is -0.298 e. The normalized spacial score (nSPS) is 13.2. The molecule has 0 aliphatic heterocycles. The van der Waals surface area contributed by atoms with Crippen LogP contribution in [0.2, 0.25) is 0 Å². The molecule has 2 rings (SSSR count). The Morgan fingerprint density at radius 1 is 1.36 bits per heavy atom. The van der Waals surface area contributed by atoms with Crippen molar-refractivity contribution in [1.82, 2.24) is 15.2 Å². The summed E-state index contributed by atoms with van der Waals surface area (Å²) in [6.45, 7) is 8.30. The number of hydrogen-bond donors (Lipinski definition) is 1. The third-order valence-electron chi connectivity index (χ3n) is 4.18. The molecule has 0 spiro atoms. The van der Waals surface area contributed by atoms with Crippen LogP contribution in [0.25, 0.3) is 16.8 Å². The summed E-state index contributed by atoms with van der Waals surface area (Å²) in [5.74, 6) is 0.364. The fraction of sp³-hybridized carbons (Fsp3) is 0.389. The largest absolute Gasteiger partial charge is 0.298 e. The molecular formula is C18H23N3O. The molecule has 2 heterocycles. The van der Waals surface area contributed by atoms with E-state index in [0.717, 1.165) is 47.2 Å². The molecule has 4 nitrogen and oxygen atoms in total. The molecule has 0 bridgehead atoms. The van der Waals surface area contributed by atoms with Crippen molar-refractivity contribution in [3.8, 4) is 11.3 Å². The van der Waals surface area contributed by atoms with Crippen LogP contribution in [-0.2, 0) is 11.2 Å². The van der Waals surface area contributed by atoms with Crippen LogP contribution in [0.4, 0.5) is 0 Å². The first-order valence-electron chi connectivity index (χ1n) is 7.80. The number of aromatic nitrogens is 3. The summed E-state index contributed by atoms with van der Waals surface area (Å²) >= 11 is 0. The number of H-pyrrole nitrogens is 1. The minimum atomic E-state index is 0.364. The molecule has 1 unspecified atom stereocenters. The number of nitrogens with zero attached hydrogens (tertiary/aromatic N) is 2. The molecule has 1 N–H and O–H groups in total. The van der Waals surface area contributed by atoms with Crippen molar-refractivity contribution in [2.45, 2.75) is 46.5 Å². The molecule has 1 atom stereocenters. The van der Waals surface area contributed by atoms with Gasteiger partial charge >= 0.3 is 0 Å².